The van der Waals surface area contributed by atoms with Crippen molar-refractivity contribution in [1.29, 1.82) is 0 Å². The molecule has 5 heteroatoms. The van der Waals surface area contributed by atoms with Gasteiger partial charge in [0, 0.05) is 5.02 Å². The van der Waals surface area contributed by atoms with Crippen LogP contribution in [0.1, 0.15) is 12.0 Å². The van der Waals surface area contributed by atoms with Crippen LogP contribution in [0.25, 0.3) is 0 Å². The van der Waals surface area contributed by atoms with Gasteiger partial charge in [-0.2, -0.15) is 0 Å². The van der Waals surface area contributed by atoms with Crippen molar-refractivity contribution in [2.45, 2.75) is 18.9 Å². The zero-order chi connectivity index (χ0) is 16.2. The summed E-state index contributed by atoms with van der Waals surface area (Å²) in [6.45, 7) is 0.655. The fraction of sp³-hybridized carbons (Fsp3) is 0.222. The first-order valence-corrected chi connectivity index (χ1v) is 7.92. The second-order valence-corrected chi connectivity index (χ2v) is 5.93. The minimum absolute atomic E-state index is 0.186. The van der Waals surface area contributed by atoms with E-state index in [2.05, 4.69) is 5.32 Å². The number of imide groups is 1. The van der Waals surface area contributed by atoms with E-state index in [0.717, 1.165) is 6.42 Å². The van der Waals surface area contributed by atoms with Gasteiger partial charge in [0.25, 0.3) is 5.91 Å². The number of nitrogens with zero attached hydrogens (tertiary/aromatic N) is 1. The summed E-state index contributed by atoms with van der Waals surface area (Å²) >= 11 is 5.85. The number of carbonyl (C=O) groups is 2. The maximum atomic E-state index is 12.5. The summed E-state index contributed by atoms with van der Waals surface area (Å²) in [4.78, 5) is 25.8. The molecule has 1 atom stereocenters. The largest absolute Gasteiger partial charge is 0.305 e. The average Bonchev–Trinajstić information content (AvgIpc) is 2.84. The van der Waals surface area contributed by atoms with E-state index in [-0.39, 0.29) is 18.2 Å². The Morgan fingerprint density at radius 2 is 1.74 bits per heavy atom. The van der Waals surface area contributed by atoms with Crippen LogP contribution in [0.2, 0.25) is 5.02 Å². The molecule has 23 heavy (non-hydrogen) atoms. The molecule has 2 aromatic carbocycles. The zero-order valence-corrected chi connectivity index (χ0v) is 13.3. The van der Waals surface area contributed by atoms with E-state index in [9.17, 15) is 9.59 Å². The number of benzene rings is 2. The van der Waals surface area contributed by atoms with Gasteiger partial charge in [0.05, 0.1) is 18.2 Å². The van der Waals surface area contributed by atoms with E-state index in [1.54, 1.807) is 24.3 Å². The van der Waals surface area contributed by atoms with Crippen molar-refractivity contribution in [2.24, 2.45) is 0 Å². The van der Waals surface area contributed by atoms with E-state index in [1.807, 2.05) is 30.3 Å². The molecule has 1 fully saturated rings. The van der Waals surface area contributed by atoms with Crippen LogP contribution in [-0.4, -0.2) is 24.4 Å². The van der Waals surface area contributed by atoms with Crippen molar-refractivity contribution in [1.82, 2.24) is 5.32 Å². The normalized spacial score (nSPS) is 17.8. The number of carbonyl (C=O) groups excluding carboxylic acids is 2. The molecule has 0 aliphatic carbocycles. The summed E-state index contributed by atoms with van der Waals surface area (Å²) in [6, 6.07) is 16.3. The standard InChI is InChI=1S/C18H17ClN2O2/c19-14-6-8-15(9-7-14)21-17(22)12-16(18(21)23)20-11-10-13-4-2-1-3-5-13/h1-9,16,20H,10-12H2/t16-/m0/s1. The topological polar surface area (TPSA) is 49.4 Å². The molecule has 1 aliphatic rings. The molecule has 0 aromatic heterocycles. The minimum Gasteiger partial charge on any atom is -0.305 e. The average molecular weight is 329 g/mol. The number of anilines is 1. The summed E-state index contributed by atoms with van der Waals surface area (Å²) in [5.74, 6) is -0.389. The van der Waals surface area contributed by atoms with Gasteiger partial charge < -0.3 is 5.32 Å². The summed E-state index contributed by atoms with van der Waals surface area (Å²) in [7, 11) is 0. The van der Waals surface area contributed by atoms with Crippen LogP contribution in [0.4, 0.5) is 5.69 Å². The first kappa shape index (κ1) is 15.7. The second-order valence-electron chi connectivity index (χ2n) is 5.49. The van der Waals surface area contributed by atoms with Gasteiger partial charge in [-0.05, 0) is 42.8 Å². The van der Waals surface area contributed by atoms with E-state index in [1.165, 1.54) is 10.5 Å². The maximum absolute atomic E-state index is 12.5. The molecule has 0 saturated carbocycles. The van der Waals surface area contributed by atoms with Gasteiger partial charge in [0.1, 0.15) is 0 Å². The predicted octanol–water partition coefficient (Wildman–Crippen LogP) is 2.80. The molecule has 3 rings (SSSR count). The Bertz CT molecular complexity index is 701. The summed E-state index contributed by atoms with van der Waals surface area (Å²) in [5.41, 5.74) is 1.77. The Morgan fingerprint density at radius 1 is 1.04 bits per heavy atom. The Balaban J connectivity index is 1.61. The van der Waals surface area contributed by atoms with Crippen molar-refractivity contribution in [3.05, 3.63) is 65.2 Å². The van der Waals surface area contributed by atoms with Crippen molar-refractivity contribution in [3.63, 3.8) is 0 Å². The quantitative estimate of drug-likeness (QED) is 0.859. The SMILES string of the molecule is O=C1C[C@H](NCCc2ccccc2)C(=O)N1c1ccc(Cl)cc1. The molecule has 2 aromatic rings. The van der Waals surface area contributed by atoms with Crippen LogP contribution in [0, 0.1) is 0 Å². The lowest BCUT2D eigenvalue weighted by Crippen LogP contribution is -2.39. The molecule has 1 aliphatic heterocycles. The van der Waals surface area contributed by atoms with E-state index < -0.39 is 6.04 Å². The van der Waals surface area contributed by atoms with Crippen molar-refractivity contribution in [3.8, 4) is 0 Å². The smallest absolute Gasteiger partial charge is 0.251 e. The number of hydrogen-bond donors (Lipinski definition) is 1. The Kier molecular flexibility index (Phi) is 4.74. The molecule has 0 radical (unpaired) electrons. The monoisotopic (exact) mass is 328 g/mol. The molecule has 1 N–H and O–H groups in total. The van der Waals surface area contributed by atoms with E-state index in [0.29, 0.717) is 17.3 Å². The molecule has 0 unspecified atom stereocenters. The zero-order valence-electron chi connectivity index (χ0n) is 12.5. The van der Waals surface area contributed by atoms with Crippen molar-refractivity contribution in [2.75, 3.05) is 11.4 Å². The molecule has 1 heterocycles. The highest BCUT2D eigenvalue weighted by Crippen LogP contribution is 2.24. The van der Waals surface area contributed by atoms with Gasteiger partial charge in [-0.1, -0.05) is 41.9 Å². The van der Waals surface area contributed by atoms with Crippen LogP contribution in [-0.2, 0) is 16.0 Å². The highest BCUT2D eigenvalue weighted by Gasteiger charge is 2.39. The maximum Gasteiger partial charge on any atom is 0.251 e. The molecule has 0 spiro atoms. The fourth-order valence-electron chi connectivity index (χ4n) is 2.69. The van der Waals surface area contributed by atoms with Crippen molar-refractivity contribution < 1.29 is 9.59 Å². The van der Waals surface area contributed by atoms with Crippen LogP contribution in [0.5, 0.6) is 0 Å². The highest BCUT2D eigenvalue weighted by molar-refractivity contribution is 6.30. The van der Waals surface area contributed by atoms with Gasteiger partial charge >= 0.3 is 0 Å². The first-order chi connectivity index (χ1) is 11.1. The van der Waals surface area contributed by atoms with E-state index in [4.69, 9.17) is 11.6 Å². The van der Waals surface area contributed by atoms with Crippen molar-refractivity contribution >= 4 is 29.1 Å². The Morgan fingerprint density at radius 3 is 2.43 bits per heavy atom. The fourth-order valence-corrected chi connectivity index (χ4v) is 2.81. The third kappa shape index (κ3) is 3.60. The Labute approximate surface area is 140 Å². The second kappa shape index (κ2) is 6.94. The van der Waals surface area contributed by atoms with Crippen LogP contribution in [0.15, 0.2) is 54.6 Å². The third-order valence-electron chi connectivity index (χ3n) is 3.88. The summed E-state index contributed by atoms with van der Waals surface area (Å²) in [5, 5.41) is 3.76. The molecular weight excluding hydrogens is 312 g/mol. The van der Waals surface area contributed by atoms with Gasteiger partial charge in [-0.3, -0.25) is 9.59 Å². The number of hydrogen-bond acceptors (Lipinski definition) is 3. The van der Waals surface area contributed by atoms with Gasteiger partial charge in [0.15, 0.2) is 0 Å². The number of amides is 2. The first-order valence-electron chi connectivity index (χ1n) is 7.55. The van der Waals surface area contributed by atoms with E-state index >= 15 is 0 Å². The molecule has 118 valence electrons. The third-order valence-corrected chi connectivity index (χ3v) is 4.13. The lowest BCUT2D eigenvalue weighted by Gasteiger charge is -2.15. The Hall–Kier alpha value is -2.17. The molecule has 1 saturated heterocycles. The predicted molar refractivity (Wildman–Crippen MR) is 90.5 cm³/mol. The number of nitrogens with one attached hydrogen (secondary N) is 1. The molecule has 2 amide bonds. The highest BCUT2D eigenvalue weighted by atomic mass is 35.5. The minimum atomic E-state index is -0.457. The molecular formula is C18H17ClN2O2. The lowest BCUT2D eigenvalue weighted by atomic mass is 10.1. The van der Waals surface area contributed by atoms with Crippen LogP contribution >= 0.6 is 11.6 Å². The van der Waals surface area contributed by atoms with Gasteiger partial charge in [-0.15, -0.1) is 0 Å². The molecule has 4 nitrogen and oxygen atoms in total. The lowest BCUT2D eigenvalue weighted by molar-refractivity contribution is -0.121. The van der Waals surface area contributed by atoms with Crippen LogP contribution in [0.3, 0.4) is 0 Å². The summed E-state index contributed by atoms with van der Waals surface area (Å²) in [6.07, 6.45) is 1.01. The van der Waals surface area contributed by atoms with Gasteiger partial charge in [-0.25, -0.2) is 4.90 Å². The summed E-state index contributed by atoms with van der Waals surface area (Å²) < 4.78 is 0. The number of halogens is 1. The van der Waals surface area contributed by atoms with Crippen LogP contribution < -0.4 is 10.2 Å². The number of rotatable bonds is 5. The molecule has 0 bridgehead atoms. The van der Waals surface area contributed by atoms with Gasteiger partial charge in [0.2, 0.25) is 5.91 Å².